The van der Waals surface area contributed by atoms with Crippen LogP contribution in [0.4, 0.5) is 13.2 Å². The lowest BCUT2D eigenvalue weighted by Gasteiger charge is -2.32. The number of benzene rings is 1. The van der Waals surface area contributed by atoms with Crippen LogP contribution in [0.15, 0.2) is 24.3 Å². The van der Waals surface area contributed by atoms with Crippen LogP contribution in [0.2, 0.25) is 0 Å². The van der Waals surface area contributed by atoms with E-state index in [4.69, 9.17) is 4.74 Å². The number of nitrogens with one attached hydrogen (secondary N) is 1. The zero-order valence-corrected chi connectivity index (χ0v) is 13.3. The van der Waals surface area contributed by atoms with Crippen molar-refractivity contribution in [2.24, 2.45) is 0 Å². The highest BCUT2D eigenvalue weighted by Crippen LogP contribution is 2.36. The van der Waals surface area contributed by atoms with Crippen LogP contribution in [0, 0.1) is 11.3 Å². The quantitative estimate of drug-likeness (QED) is 0.914. The van der Waals surface area contributed by atoms with Gasteiger partial charge in [0, 0.05) is 32.5 Å². The van der Waals surface area contributed by atoms with Crippen molar-refractivity contribution in [3.8, 4) is 6.07 Å². The minimum absolute atomic E-state index is 0.0816. The third-order valence-electron chi connectivity index (χ3n) is 4.23. The van der Waals surface area contributed by atoms with E-state index in [1.54, 1.807) is 6.92 Å². The fourth-order valence-corrected chi connectivity index (χ4v) is 2.88. The lowest BCUT2D eigenvalue weighted by atomic mass is 9.89. The molecule has 1 atom stereocenters. The minimum atomic E-state index is -4.46. The largest absolute Gasteiger partial charge is 0.416 e. The molecule has 7 heteroatoms. The molecule has 0 unspecified atom stereocenters. The first-order chi connectivity index (χ1) is 11.3. The van der Waals surface area contributed by atoms with Crippen LogP contribution >= 0.6 is 0 Å². The average molecular weight is 340 g/mol. The Hall–Kier alpha value is -2.07. The molecular formula is C17H19F3N2O2. The lowest BCUT2D eigenvalue weighted by Crippen LogP contribution is -2.51. The van der Waals surface area contributed by atoms with Gasteiger partial charge >= 0.3 is 6.18 Å². The van der Waals surface area contributed by atoms with Crippen molar-refractivity contribution in [3.05, 3.63) is 35.4 Å². The van der Waals surface area contributed by atoms with Gasteiger partial charge in [-0.2, -0.15) is 18.4 Å². The number of hydrogen-bond acceptors (Lipinski definition) is 3. The van der Waals surface area contributed by atoms with Gasteiger partial charge in [0.2, 0.25) is 5.91 Å². The molecule has 24 heavy (non-hydrogen) atoms. The number of alkyl halides is 3. The molecule has 0 bridgehead atoms. The second kappa shape index (κ2) is 7.22. The summed E-state index contributed by atoms with van der Waals surface area (Å²) in [4.78, 5) is 12.2. The third-order valence-corrected chi connectivity index (χ3v) is 4.23. The third kappa shape index (κ3) is 4.26. The van der Waals surface area contributed by atoms with E-state index in [2.05, 4.69) is 11.4 Å². The van der Waals surface area contributed by atoms with E-state index in [0.717, 1.165) is 6.07 Å². The smallest absolute Gasteiger partial charge is 0.381 e. The minimum Gasteiger partial charge on any atom is -0.381 e. The first kappa shape index (κ1) is 18.3. The van der Waals surface area contributed by atoms with Gasteiger partial charge in [0.15, 0.2) is 0 Å². The summed E-state index contributed by atoms with van der Waals surface area (Å²) < 4.78 is 44.4. The van der Waals surface area contributed by atoms with Gasteiger partial charge in [-0.25, -0.2) is 0 Å². The van der Waals surface area contributed by atoms with Crippen LogP contribution in [-0.4, -0.2) is 24.7 Å². The zero-order valence-electron chi connectivity index (χ0n) is 13.3. The van der Waals surface area contributed by atoms with E-state index < -0.39 is 29.1 Å². The Morgan fingerprint density at radius 1 is 1.38 bits per heavy atom. The summed E-state index contributed by atoms with van der Waals surface area (Å²) in [5.41, 5.74) is -1.64. The highest BCUT2D eigenvalue weighted by atomic mass is 19.4. The fourth-order valence-electron chi connectivity index (χ4n) is 2.88. The lowest BCUT2D eigenvalue weighted by molar-refractivity contribution is -0.138. The molecule has 1 N–H and O–H groups in total. The molecule has 130 valence electrons. The van der Waals surface area contributed by atoms with Crippen LogP contribution in [0.1, 0.15) is 43.2 Å². The van der Waals surface area contributed by atoms with Crippen LogP contribution in [0.5, 0.6) is 0 Å². The second-order valence-corrected chi connectivity index (χ2v) is 6.04. The van der Waals surface area contributed by atoms with Crippen molar-refractivity contribution in [1.29, 1.82) is 5.26 Å². The molecule has 0 radical (unpaired) electrons. The Morgan fingerprint density at radius 3 is 2.58 bits per heavy atom. The molecule has 1 aromatic carbocycles. The number of ether oxygens (including phenoxy) is 1. The zero-order chi connectivity index (χ0) is 17.8. The Morgan fingerprint density at radius 2 is 2.00 bits per heavy atom. The van der Waals surface area contributed by atoms with E-state index in [-0.39, 0.29) is 12.0 Å². The highest BCUT2D eigenvalue weighted by molar-refractivity contribution is 5.78. The van der Waals surface area contributed by atoms with Crippen molar-refractivity contribution >= 4 is 5.91 Å². The molecular weight excluding hydrogens is 321 g/mol. The van der Waals surface area contributed by atoms with Crippen molar-refractivity contribution in [2.45, 2.75) is 43.8 Å². The van der Waals surface area contributed by atoms with Crippen molar-refractivity contribution < 1.29 is 22.7 Å². The standard InChI is InChI=1S/C17H19F3N2O2/c1-12(13-4-2-3-5-14(13)17(18,19)20)10-15(23)22-16(11-21)6-8-24-9-7-16/h2-5,12H,6-10H2,1H3,(H,22,23)/t12-/m0/s1. The number of rotatable bonds is 4. The predicted molar refractivity (Wildman–Crippen MR) is 81.0 cm³/mol. The molecule has 2 rings (SSSR count). The maximum Gasteiger partial charge on any atom is 0.416 e. The van der Waals surface area contributed by atoms with Crippen molar-refractivity contribution in [1.82, 2.24) is 5.32 Å². The van der Waals surface area contributed by atoms with E-state index >= 15 is 0 Å². The van der Waals surface area contributed by atoms with Gasteiger partial charge < -0.3 is 10.1 Å². The molecule has 1 fully saturated rings. The summed E-state index contributed by atoms with van der Waals surface area (Å²) in [6.07, 6.45) is -3.82. The van der Waals surface area contributed by atoms with Gasteiger partial charge in [0.1, 0.15) is 5.54 Å². The number of halogens is 3. The molecule has 0 spiro atoms. The van der Waals surface area contributed by atoms with Gasteiger partial charge in [-0.1, -0.05) is 25.1 Å². The molecule has 1 saturated heterocycles. The van der Waals surface area contributed by atoms with E-state index in [1.165, 1.54) is 18.2 Å². The fraction of sp³-hybridized carbons (Fsp3) is 0.529. The van der Waals surface area contributed by atoms with E-state index in [0.29, 0.717) is 26.1 Å². The maximum absolute atomic E-state index is 13.1. The van der Waals surface area contributed by atoms with Gasteiger partial charge in [-0.15, -0.1) is 0 Å². The summed E-state index contributed by atoms with van der Waals surface area (Å²) in [5, 5.41) is 12.0. The number of carbonyl (C=O) groups is 1. The number of amides is 1. The second-order valence-electron chi connectivity index (χ2n) is 6.04. The predicted octanol–water partition coefficient (Wildman–Crippen LogP) is 3.39. The first-order valence-corrected chi connectivity index (χ1v) is 7.73. The van der Waals surface area contributed by atoms with Crippen LogP contribution in [0.25, 0.3) is 0 Å². The summed E-state index contributed by atoms with van der Waals surface area (Å²) >= 11 is 0. The SMILES string of the molecule is C[C@@H](CC(=O)NC1(C#N)CCOCC1)c1ccccc1C(F)(F)F. The molecule has 1 aliphatic rings. The monoisotopic (exact) mass is 340 g/mol. The number of carbonyl (C=O) groups excluding carboxylic acids is 1. The van der Waals surface area contributed by atoms with Crippen LogP contribution in [-0.2, 0) is 15.7 Å². The Labute approximate surface area is 138 Å². The molecule has 1 aliphatic heterocycles. The molecule has 1 aromatic rings. The summed E-state index contributed by atoms with van der Waals surface area (Å²) in [6.45, 7) is 2.33. The Kier molecular flexibility index (Phi) is 5.50. The van der Waals surface area contributed by atoms with Gasteiger partial charge in [0.25, 0.3) is 0 Å². The summed E-state index contributed by atoms with van der Waals surface area (Å²) in [6, 6.07) is 7.35. The maximum atomic E-state index is 13.1. The molecule has 0 aromatic heterocycles. The Balaban J connectivity index is 2.09. The molecule has 1 amide bonds. The van der Waals surface area contributed by atoms with Crippen LogP contribution in [0.3, 0.4) is 0 Å². The van der Waals surface area contributed by atoms with E-state index in [1.807, 2.05) is 0 Å². The van der Waals surface area contributed by atoms with Gasteiger partial charge in [-0.05, 0) is 17.5 Å². The number of hydrogen-bond donors (Lipinski definition) is 1. The Bertz CT molecular complexity index is 631. The van der Waals surface area contributed by atoms with E-state index in [9.17, 15) is 23.2 Å². The molecule has 4 nitrogen and oxygen atoms in total. The summed E-state index contributed by atoms with van der Waals surface area (Å²) in [5.74, 6) is -1.04. The molecule has 0 saturated carbocycles. The first-order valence-electron chi connectivity index (χ1n) is 7.73. The van der Waals surface area contributed by atoms with Crippen molar-refractivity contribution in [2.75, 3.05) is 13.2 Å². The number of nitriles is 1. The van der Waals surface area contributed by atoms with Gasteiger partial charge in [0.05, 0.1) is 11.6 Å². The molecule has 0 aliphatic carbocycles. The normalized spacial score (nSPS) is 18.5. The average Bonchev–Trinajstić information content (AvgIpc) is 2.54. The highest BCUT2D eigenvalue weighted by Gasteiger charge is 2.36. The van der Waals surface area contributed by atoms with Crippen molar-refractivity contribution in [3.63, 3.8) is 0 Å². The summed E-state index contributed by atoms with van der Waals surface area (Å²) in [7, 11) is 0. The number of nitrogens with zero attached hydrogens (tertiary/aromatic N) is 1. The van der Waals surface area contributed by atoms with Crippen LogP contribution < -0.4 is 5.32 Å². The molecule has 1 heterocycles. The van der Waals surface area contributed by atoms with Gasteiger partial charge in [-0.3, -0.25) is 4.79 Å². The topological polar surface area (TPSA) is 62.1 Å².